The molecule has 4 heteroatoms. The number of rotatable bonds is 7. The smallest absolute Gasteiger partial charge is 0.320 e. The molecular formula is C10H21NO2S. The number of carbonyl (C=O) groups is 1. The summed E-state index contributed by atoms with van der Waals surface area (Å²) in [5.41, 5.74) is 0. The van der Waals surface area contributed by atoms with Crippen LogP contribution in [0, 0.1) is 0 Å². The first-order chi connectivity index (χ1) is 6.43. The van der Waals surface area contributed by atoms with Crippen molar-refractivity contribution in [2.75, 3.05) is 5.75 Å². The molecule has 0 heterocycles. The van der Waals surface area contributed by atoms with Gasteiger partial charge >= 0.3 is 5.97 Å². The third-order valence-corrected chi connectivity index (χ3v) is 2.83. The van der Waals surface area contributed by atoms with E-state index in [-0.39, 0.29) is 6.04 Å². The van der Waals surface area contributed by atoms with E-state index in [1.54, 1.807) is 11.8 Å². The molecule has 2 N–H and O–H groups in total. The Labute approximate surface area is 90.7 Å². The number of thioether (sulfide) groups is 1. The van der Waals surface area contributed by atoms with Crippen LogP contribution in [0.15, 0.2) is 0 Å². The second kappa shape index (κ2) is 7.12. The zero-order valence-corrected chi connectivity index (χ0v) is 10.2. The lowest BCUT2D eigenvalue weighted by Gasteiger charge is -2.17. The number of aliphatic carboxylic acids is 1. The predicted octanol–water partition coefficient (Wildman–Crippen LogP) is 1.97. The van der Waals surface area contributed by atoms with E-state index in [0.717, 1.165) is 5.75 Å². The van der Waals surface area contributed by atoms with E-state index in [4.69, 9.17) is 5.11 Å². The van der Waals surface area contributed by atoms with Crippen LogP contribution in [-0.4, -0.2) is 34.2 Å². The van der Waals surface area contributed by atoms with Gasteiger partial charge in [-0.05, 0) is 17.4 Å². The van der Waals surface area contributed by atoms with E-state index in [0.29, 0.717) is 11.7 Å². The minimum atomic E-state index is -0.747. The van der Waals surface area contributed by atoms with Crippen LogP contribution < -0.4 is 5.32 Å². The molecule has 0 aromatic carbocycles. The molecule has 0 bridgehead atoms. The zero-order chi connectivity index (χ0) is 11.1. The largest absolute Gasteiger partial charge is 0.480 e. The Morgan fingerprint density at radius 3 is 2.29 bits per heavy atom. The van der Waals surface area contributed by atoms with Crippen molar-refractivity contribution in [3.63, 3.8) is 0 Å². The first kappa shape index (κ1) is 13.8. The average Bonchev–Trinajstić information content (AvgIpc) is 2.00. The molecule has 0 aromatic rings. The zero-order valence-electron chi connectivity index (χ0n) is 9.41. The molecule has 0 aliphatic heterocycles. The molecule has 0 amide bonds. The minimum Gasteiger partial charge on any atom is -0.480 e. The normalized spacial score (nSPS) is 13.6. The van der Waals surface area contributed by atoms with Crippen LogP contribution in [0.3, 0.4) is 0 Å². The third-order valence-electron chi connectivity index (χ3n) is 1.69. The summed E-state index contributed by atoms with van der Waals surface area (Å²) in [6.07, 6.45) is 0.691. The minimum absolute atomic E-state index is 0.222. The van der Waals surface area contributed by atoms with Gasteiger partial charge in [0, 0.05) is 6.04 Å². The maximum Gasteiger partial charge on any atom is 0.320 e. The maximum atomic E-state index is 10.8. The highest BCUT2D eigenvalue weighted by Crippen LogP contribution is 2.11. The van der Waals surface area contributed by atoms with E-state index < -0.39 is 12.0 Å². The Balaban J connectivity index is 3.80. The molecule has 84 valence electrons. The number of hydrogen-bond acceptors (Lipinski definition) is 3. The van der Waals surface area contributed by atoms with Crippen molar-refractivity contribution in [2.24, 2.45) is 0 Å². The topological polar surface area (TPSA) is 49.3 Å². The lowest BCUT2D eigenvalue weighted by Crippen LogP contribution is -2.41. The molecule has 3 nitrogen and oxygen atoms in total. The van der Waals surface area contributed by atoms with Gasteiger partial charge in [0.1, 0.15) is 6.04 Å². The molecule has 0 saturated carbocycles. The summed E-state index contributed by atoms with van der Waals surface area (Å²) in [5.74, 6) is 0.150. The van der Waals surface area contributed by atoms with Crippen LogP contribution in [-0.2, 0) is 4.79 Å². The van der Waals surface area contributed by atoms with Crippen molar-refractivity contribution in [1.29, 1.82) is 0 Å². The van der Waals surface area contributed by atoms with Crippen molar-refractivity contribution in [1.82, 2.24) is 5.32 Å². The Morgan fingerprint density at radius 2 is 1.93 bits per heavy atom. The Morgan fingerprint density at radius 1 is 1.36 bits per heavy atom. The van der Waals surface area contributed by atoms with Gasteiger partial charge in [-0.2, -0.15) is 11.8 Å². The van der Waals surface area contributed by atoms with Crippen LogP contribution in [0.2, 0.25) is 0 Å². The molecule has 0 aromatic heterocycles. The average molecular weight is 219 g/mol. The lowest BCUT2D eigenvalue weighted by molar-refractivity contribution is -0.139. The molecule has 14 heavy (non-hydrogen) atoms. The van der Waals surface area contributed by atoms with Crippen LogP contribution >= 0.6 is 11.8 Å². The number of hydrogen-bond donors (Lipinski definition) is 2. The van der Waals surface area contributed by atoms with E-state index in [2.05, 4.69) is 19.2 Å². The fourth-order valence-electron chi connectivity index (χ4n) is 1.10. The lowest BCUT2D eigenvalue weighted by atomic mass is 10.2. The van der Waals surface area contributed by atoms with Crippen molar-refractivity contribution >= 4 is 17.7 Å². The summed E-state index contributed by atoms with van der Waals surface area (Å²) in [4.78, 5) is 10.8. The van der Waals surface area contributed by atoms with E-state index in [1.165, 1.54) is 0 Å². The van der Waals surface area contributed by atoms with Gasteiger partial charge < -0.3 is 10.4 Å². The fraction of sp³-hybridized carbons (Fsp3) is 0.900. The van der Waals surface area contributed by atoms with Gasteiger partial charge in [0.05, 0.1) is 0 Å². The van der Waals surface area contributed by atoms with Crippen molar-refractivity contribution in [3.8, 4) is 0 Å². The monoisotopic (exact) mass is 219 g/mol. The van der Waals surface area contributed by atoms with Crippen LogP contribution in [0.1, 0.15) is 34.1 Å². The Hall–Kier alpha value is -0.220. The van der Waals surface area contributed by atoms with Gasteiger partial charge in [-0.15, -0.1) is 0 Å². The van der Waals surface area contributed by atoms with Crippen molar-refractivity contribution in [2.45, 2.75) is 51.4 Å². The van der Waals surface area contributed by atoms with Gasteiger partial charge in [-0.1, -0.05) is 27.7 Å². The van der Waals surface area contributed by atoms with Gasteiger partial charge in [0.15, 0.2) is 0 Å². The molecule has 0 radical (unpaired) electrons. The van der Waals surface area contributed by atoms with E-state index in [1.807, 2.05) is 13.8 Å². The van der Waals surface area contributed by atoms with Gasteiger partial charge in [-0.3, -0.25) is 4.79 Å². The van der Waals surface area contributed by atoms with Gasteiger partial charge in [-0.25, -0.2) is 0 Å². The highest BCUT2D eigenvalue weighted by atomic mass is 32.2. The number of carboxylic acids is 1. The number of nitrogens with one attached hydrogen (secondary N) is 1. The molecular weight excluding hydrogens is 198 g/mol. The van der Waals surface area contributed by atoms with Crippen molar-refractivity contribution in [3.05, 3.63) is 0 Å². The van der Waals surface area contributed by atoms with Crippen LogP contribution in [0.5, 0.6) is 0 Å². The standard InChI is InChI=1S/C10H21NO2S/c1-7(2)11-9(10(12)13)5-6-14-8(3)4/h7-9,11H,5-6H2,1-4H3,(H,12,13). The third kappa shape index (κ3) is 7.21. The first-order valence-electron chi connectivity index (χ1n) is 5.04. The maximum absolute atomic E-state index is 10.8. The molecule has 0 saturated heterocycles. The highest BCUT2D eigenvalue weighted by Gasteiger charge is 2.17. The summed E-state index contributed by atoms with van der Waals surface area (Å²) in [6.45, 7) is 8.17. The summed E-state index contributed by atoms with van der Waals surface area (Å²) in [5, 5.41) is 12.5. The molecule has 1 atom stereocenters. The number of carboxylic acid groups (broad SMARTS) is 1. The summed E-state index contributed by atoms with van der Waals surface area (Å²) >= 11 is 1.80. The van der Waals surface area contributed by atoms with E-state index in [9.17, 15) is 4.79 Å². The van der Waals surface area contributed by atoms with Crippen LogP contribution in [0.4, 0.5) is 0 Å². The molecule has 0 fully saturated rings. The molecule has 0 aliphatic carbocycles. The second-order valence-electron chi connectivity index (χ2n) is 3.92. The quantitative estimate of drug-likeness (QED) is 0.687. The van der Waals surface area contributed by atoms with E-state index >= 15 is 0 Å². The summed E-state index contributed by atoms with van der Waals surface area (Å²) < 4.78 is 0. The van der Waals surface area contributed by atoms with Gasteiger partial charge in [0.2, 0.25) is 0 Å². The van der Waals surface area contributed by atoms with Crippen LogP contribution in [0.25, 0.3) is 0 Å². The SMILES string of the molecule is CC(C)NC(CCSC(C)C)C(=O)O. The first-order valence-corrected chi connectivity index (χ1v) is 6.08. The summed E-state index contributed by atoms with van der Waals surface area (Å²) in [7, 11) is 0. The predicted molar refractivity (Wildman–Crippen MR) is 61.9 cm³/mol. The fourth-order valence-corrected chi connectivity index (χ4v) is 1.95. The molecule has 0 spiro atoms. The van der Waals surface area contributed by atoms with Crippen molar-refractivity contribution < 1.29 is 9.90 Å². The summed E-state index contributed by atoms with van der Waals surface area (Å²) in [6, 6.07) is -0.179. The molecule has 0 aliphatic rings. The van der Waals surface area contributed by atoms with Gasteiger partial charge in [0.25, 0.3) is 0 Å². The highest BCUT2D eigenvalue weighted by molar-refractivity contribution is 7.99. The Kier molecular flexibility index (Phi) is 7.01. The second-order valence-corrected chi connectivity index (χ2v) is 5.60. The molecule has 1 unspecified atom stereocenters. The Bertz CT molecular complexity index is 172. The molecule has 0 rings (SSSR count).